The normalized spacial score (nSPS) is 12.3. The molecular formula is C17H23N7O. The number of carbonyl (C=O) groups excluding carboxylic acids is 1. The Bertz CT molecular complexity index is 873. The Kier molecular flexibility index (Phi) is 4.69. The molecule has 0 bridgehead atoms. The van der Waals surface area contributed by atoms with Gasteiger partial charge in [-0.1, -0.05) is 0 Å². The van der Waals surface area contributed by atoms with E-state index < -0.39 is 0 Å². The lowest BCUT2D eigenvalue weighted by atomic mass is 10.2. The van der Waals surface area contributed by atoms with Crippen molar-refractivity contribution in [2.45, 2.75) is 46.8 Å². The molecule has 1 amide bonds. The van der Waals surface area contributed by atoms with E-state index in [2.05, 4.69) is 27.5 Å². The van der Waals surface area contributed by atoms with Crippen molar-refractivity contribution < 1.29 is 4.79 Å². The second kappa shape index (κ2) is 6.92. The molecule has 3 aromatic heterocycles. The first-order valence-corrected chi connectivity index (χ1v) is 8.33. The molecule has 0 fully saturated rings. The molecule has 0 saturated heterocycles. The van der Waals surface area contributed by atoms with Crippen LogP contribution in [0.25, 0.3) is 0 Å². The van der Waals surface area contributed by atoms with Crippen molar-refractivity contribution in [1.29, 1.82) is 0 Å². The molecule has 1 atom stereocenters. The van der Waals surface area contributed by atoms with Crippen molar-refractivity contribution in [3.63, 3.8) is 0 Å². The van der Waals surface area contributed by atoms with Crippen molar-refractivity contribution in [3.8, 4) is 0 Å². The molecule has 132 valence electrons. The van der Waals surface area contributed by atoms with Crippen molar-refractivity contribution in [2.75, 3.05) is 5.32 Å². The monoisotopic (exact) mass is 341 g/mol. The zero-order valence-electron chi connectivity index (χ0n) is 15.0. The van der Waals surface area contributed by atoms with Crippen LogP contribution < -0.4 is 5.32 Å². The fourth-order valence-corrected chi connectivity index (χ4v) is 2.66. The Balaban J connectivity index is 1.65. The summed E-state index contributed by atoms with van der Waals surface area (Å²) in [6.45, 7) is 9.33. The Morgan fingerprint density at radius 3 is 2.60 bits per heavy atom. The molecule has 0 aromatic carbocycles. The van der Waals surface area contributed by atoms with Crippen LogP contribution in [-0.2, 0) is 17.9 Å². The highest BCUT2D eigenvalue weighted by atomic mass is 16.2. The minimum Gasteiger partial charge on any atom is -0.322 e. The van der Waals surface area contributed by atoms with Gasteiger partial charge in [0, 0.05) is 30.2 Å². The van der Waals surface area contributed by atoms with Crippen LogP contribution in [-0.4, -0.2) is 35.2 Å². The quantitative estimate of drug-likeness (QED) is 0.745. The van der Waals surface area contributed by atoms with Crippen LogP contribution in [0.4, 0.5) is 5.69 Å². The SMILES string of the molecule is CCn1ncc(Cn2cc(NC(=O)C(C)n3cc(C)cn3)cn2)c1C. The molecule has 0 aliphatic carbocycles. The molecule has 3 heterocycles. The Labute approximate surface area is 146 Å². The summed E-state index contributed by atoms with van der Waals surface area (Å²) in [6, 6.07) is -0.387. The maximum absolute atomic E-state index is 12.4. The molecule has 3 aromatic rings. The summed E-state index contributed by atoms with van der Waals surface area (Å²) in [7, 11) is 0. The molecule has 0 aliphatic heterocycles. The van der Waals surface area contributed by atoms with E-state index in [1.807, 2.05) is 44.0 Å². The fraction of sp³-hybridized carbons (Fsp3) is 0.412. The third-order valence-electron chi connectivity index (χ3n) is 4.24. The fourth-order valence-electron chi connectivity index (χ4n) is 2.66. The Hall–Kier alpha value is -2.90. The molecule has 0 spiro atoms. The van der Waals surface area contributed by atoms with E-state index >= 15 is 0 Å². The number of hydrogen-bond donors (Lipinski definition) is 1. The van der Waals surface area contributed by atoms with Gasteiger partial charge in [-0.05, 0) is 33.3 Å². The first-order chi connectivity index (χ1) is 12.0. The predicted molar refractivity (Wildman–Crippen MR) is 94.3 cm³/mol. The van der Waals surface area contributed by atoms with Crippen LogP contribution in [0.15, 0.2) is 31.0 Å². The number of aryl methyl sites for hydroxylation is 2. The summed E-state index contributed by atoms with van der Waals surface area (Å²) >= 11 is 0. The van der Waals surface area contributed by atoms with Crippen molar-refractivity contribution in [2.24, 2.45) is 0 Å². The lowest BCUT2D eigenvalue weighted by molar-refractivity contribution is -0.119. The predicted octanol–water partition coefficient (Wildman–Crippen LogP) is 2.16. The molecule has 8 nitrogen and oxygen atoms in total. The minimum atomic E-state index is -0.387. The van der Waals surface area contributed by atoms with Gasteiger partial charge in [-0.3, -0.25) is 18.8 Å². The number of hydrogen-bond acceptors (Lipinski definition) is 4. The van der Waals surface area contributed by atoms with Gasteiger partial charge in [0.2, 0.25) is 5.91 Å². The molecular weight excluding hydrogens is 318 g/mol. The van der Waals surface area contributed by atoms with Gasteiger partial charge in [0.1, 0.15) is 6.04 Å². The first kappa shape index (κ1) is 16.9. The van der Waals surface area contributed by atoms with E-state index in [0.717, 1.165) is 23.4 Å². The van der Waals surface area contributed by atoms with Crippen LogP contribution in [0.2, 0.25) is 0 Å². The van der Waals surface area contributed by atoms with Crippen molar-refractivity contribution in [3.05, 3.63) is 47.8 Å². The summed E-state index contributed by atoms with van der Waals surface area (Å²) in [5.41, 5.74) is 3.94. The van der Waals surface area contributed by atoms with Gasteiger partial charge in [0.05, 0.1) is 30.8 Å². The van der Waals surface area contributed by atoms with E-state index in [1.54, 1.807) is 21.8 Å². The molecule has 1 N–H and O–H groups in total. The first-order valence-electron chi connectivity index (χ1n) is 8.33. The number of nitrogens with zero attached hydrogens (tertiary/aromatic N) is 6. The van der Waals surface area contributed by atoms with Crippen molar-refractivity contribution in [1.82, 2.24) is 29.3 Å². The Morgan fingerprint density at radius 2 is 1.96 bits per heavy atom. The highest BCUT2D eigenvalue weighted by Crippen LogP contribution is 2.14. The highest BCUT2D eigenvalue weighted by Gasteiger charge is 2.16. The molecule has 25 heavy (non-hydrogen) atoms. The average molecular weight is 341 g/mol. The van der Waals surface area contributed by atoms with E-state index in [-0.39, 0.29) is 11.9 Å². The van der Waals surface area contributed by atoms with E-state index in [0.29, 0.717) is 12.2 Å². The number of carbonyl (C=O) groups is 1. The second-order valence-electron chi connectivity index (χ2n) is 6.16. The van der Waals surface area contributed by atoms with Crippen LogP contribution in [0.1, 0.15) is 36.7 Å². The zero-order valence-corrected chi connectivity index (χ0v) is 15.0. The van der Waals surface area contributed by atoms with Crippen LogP contribution in [0.5, 0.6) is 0 Å². The lowest BCUT2D eigenvalue weighted by Gasteiger charge is -2.11. The molecule has 0 saturated carbocycles. The van der Waals surface area contributed by atoms with Gasteiger partial charge >= 0.3 is 0 Å². The number of aromatic nitrogens is 6. The Morgan fingerprint density at radius 1 is 1.16 bits per heavy atom. The van der Waals surface area contributed by atoms with Gasteiger partial charge in [0.15, 0.2) is 0 Å². The van der Waals surface area contributed by atoms with Gasteiger partial charge in [-0.25, -0.2) is 0 Å². The molecule has 3 rings (SSSR count). The topological polar surface area (TPSA) is 82.6 Å². The third-order valence-corrected chi connectivity index (χ3v) is 4.24. The number of rotatable bonds is 6. The number of nitrogens with one attached hydrogen (secondary N) is 1. The molecule has 0 aliphatic rings. The van der Waals surface area contributed by atoms with E-state index in [4.69, 9.17) is 0 Å². The summed E-state index contributed by atoms with van der Waals surface area (Å²) < 4.78 is 5.40. The van der Waals surface area contributed by atoms with Gasteiger partial charge in [-0.2, -0.15) is 15.3 Å². The van der Waals surface area contributed by atoms with Gasteiger partial charge in [-0.15, -0.1) is 0 Å². The molecule has 1 unspecified atom stereocenters. The standard InChI is InChI=1S/C17H23N7O/c1-5-23-13(3)15(7-20-23)10-22-11-16(8-18-22)21-17(25)14(4)24-9-12(2)6-19-24/h6-9,11,14H,5,10H2,1-4H3,(H,21,25). The minimum absolute atomic E-state index is 0.127. The lowest BCUT2D eigenvalue weighted by Crippen LogP contribution is -2.23. The zero-order chi connectivity index (χ0) is 18.0. The largest absolute Gasteiger partial charge is 0.322 e. The second-order valence-corrected chi connectivity index (χ2v) is 6.16. The summed E-state index contributed by atoms with van der Waals surface area (Å²) in [6.07, 6.45) is 8.92. The van der Waals surface area contributed by atoms with Crippen LogP contribution in [0.3, 0.4) is 0 Å². The summed E-state index contributed by atoms with van der Waals surface area (Å²) in [5, 5.41) is 15.7. The molecule has 8 heteroatoms. The van der Waals surface area contributed by atoms with Crippen molar-refractivity contribution >= 4 is 11.6 Å². The maximum Gasteiger partial charge on any atom is 0.249 e. The third kappa shape index (κ3) is 3.62. The van der Waals surface area contributed by atoms with Gasteiger partial charge in [0.25, 0.3) is 0 Å². The smallest absolute Gasteiger partial charge is 0.249 e. The summed E-state index contributed by atoms with van der Waals surface area (Å²) in [5.74, 6) is -0.127. The van der Waals surface area contributed by atoms with E-state index in [9.17, 15) is 4.79 Å². The summed E-state index contributed by atoms with van der Waals surface area (Å²) in [4.78, 5) is 12.4. The maximum atomic E-state index is 12.4. The molecule has 0 radical (unpaired) electrons. The highest BCUT2D eigenvalue weighted by molar-refractivity contribution is 5.93. The average Bonchev–Trinajstić information content (AvgIpc) is 3.29. The number of amides is 1. The number of anilines is 1. The van der Waals surface area contributed by atoms with E-state index in [1.165, 1.54) is 0 Å². The van der Waals surface area contributed by atoms with Gasteiger partial charge < -0.3 is 5.32 Å². The van der Waals surface area contributed by atoms with Crippen LogP contribution >= 0.6 is 0 Å². The van der Waals surface area contributed by atoms with Crippen LogP contribution in [0, 0.1) is 13.8 Å².